The van der Waals surface area contributed by atoms with E-state index in [0.29, 0.717) is 5.56 Å². The molecule has 1 aromatic rings. The number of benzene rings is 1. The van der Waals surface area contributed by atoms with Crippen LogP contribution in [0.3, 0.4) is 0 Å². The number of rotatable bonds is 32. The molecule has 68 heavy (non-hydrogen) atoms. The van der Waals surface area contributed by atoms with E-state index in [9.17, 15) is 78.0 Å². The van der Waals surface area contributed by atoms with E-state index in [1.807, 2.05) is 0 Å². The predicted molar refractivity (Wildman–Crippen MR) is 235 cm³/mol. The highest BCUT2D eigenvalue weighted by Crippen LogP contribution is 2.10. The van der Waals surface area contributed by atoms with Crippen LogP contribution in [0.4, 0.5) is 0 Å². The quantitative estimate of drug-likeness (QED) is 0.0319. The number of aliphatic hydroxyl groups excluding tert-OH is 2. The Morgan fingerprint density at radius 1 is 0.515 bits per heavy atom. The van der Waals surface area contributed by atoms with Crippen molar-refractivity contribution in [2.75, 3.05) is 6.61 Å². The Morgan fingerprint density at radius 3 is 1.29 bits per heavy atom. The largest absolute Gasteiger partial charge is 0.481 e. The van der Waals surface area contributed by atoms with Gasteiger partial charge in [0.05, 0.1) is 19.1 Å². The summed E-state index contributed by atoms with van der Waals surface area (Å²) in [7, 11) is 0. The van der Waals surface area contributed by atoms with Gasteiger partial charge >= 0.3 is 11.9 Å². The molecular formula is C41H63N11O16. The predicted octanol–water partition coefficient (Wildman–Crippen LogP) is -6.28. The minimum atomic E-state index is -1.95. The van der Waals surface area contributed by atoms with E-state index in [1.54, 1.807) is 44.2 Å². The number of amides is 10. The first-order valence-electron chi connectivity index (χ1n) is 21.3. The van der Waals surface area contributed by atoms with Gasteiger partial charge in [-0.15, -0.1) is 0 Å². The number of aliphatic hydroxyl groups is 2. The number of nitrogens with one attached hydrogen (secondary N) is 7. The molecule has 0 heterocycles. The van der Waals surface area contributed by atoms with Crippen LogP contribution < -0.4 is 60.2 Å². The van der Waals surface area contributed by atoms with E-state index in [0.717, 1.165) is 0 Å². The van der Waals surface area contributed by atoms with Crippen LogP contribution >= 0.6 is 0 Å². The van der Waals surface area contributed by atoms with Crippen molar-refractivity contribution in [2.45, 2.75) is 133 Å². The summed E-state index contributed by atoms with van der Waals surface area (Å²) in [5.41, 5.74) is 22.1. The van der Waals surface area contributed by atoms with Gasteiger partial charge in [-0.05, 0) is 44.1 Å². The maximum absolute atomic E-state index is 13.7. The molecule has 27 nitrogen and oxygen atoms in total. The number of aliphatic carboxylic acids is 2. The van der Waals surface area contributed by atoms with Crippen LogP contribution in [0.15, 0.2) is 30.3 Å². The van der Waals surface area contributed by atoms with Gasteiger partial charge in [0.1, 0.15) is 48.3 Å². The highest BCUT2D eigenvalue weighted by molar-refractivity contribution is 5.99. The monoisotopic (exact) mass is 965 g/mol. The van der Waals surface area contributed by atoms with Gasteiger partial charge in [-0.3, -0.25) is 52.7 Å². The third kappa shape index (κ3) is 22.3. The van der Waals surface area contributed by atoms with Crippen molar-refractivity contribution in [3.63, 3.8) is 0 Å². The zero-order valence-corrected chi connectivity index (χ0v) is 37.7. The highest BCUT2D eigenvalue weighted by atomic mass is 16.4. The molecule has 9 atom stereocenters. The Balaban J connectivity index is 3.44. The van der Waals surface area contributed by atoms with Gasteiger partial charge in [-0.2, -0.15) is 0 Å². The molecule has 1 aromatic carbocycles. The maximum atomic E-state index is 13.7. The van der Waals surface area contributed by atoms with Crippen molar-refractivity contribution in [3.05, 3.63) is 35.9 Å². The lowest BCUT2D eigenvalue weighted by molar-refractivity contribution is -0.143. The van der Waals surface area contributed by atoms with E-state index in [-0.39, 0.29) is 18.8 Å². The summed E-state index contributed by atoms with van der Waals surface area (Å²) >= 11 is 0. The third-order valence-electron chi connectivity index (χ3n) is 9.82. The van der Waals surface area contributed by atoms with Gasteiger partial charge in [-0.1, -0.05) is 44.2 Å². The topological polar surface area (TPSA) is 474 Å². The molecule has 0 unspecified atom stereocenters. The van der Waals surface area contributed by atoms with Crippen molar-refractivity contribution < 1.29 is 78.0 Å². The van der Waals surface area contributed by atoms with Gasteiger partial charge in [0, 0.05) is 25.7 Å². The average molecular weight is 966 g/mol. The molecule has 0 aliphatic heterocycles. The number of carbonyl (C=O) groups is 12. The van der Waals surface area contributed by atoms with Gasteiger partial charge < -0.3 is 80.6 Å². The second-order valence-corrected chi connectivity index (χ2v) is 16.1. The zero-order valence-electron chi connectivity index (χ0n) is 37.7. The summed E-state index contributed by atoms with van der Waals surface area (Å²) in [4.78, 5) is 153. The Bertz CT molecular complexity index is 1970. The molecule has 0 radical (unpaired) electrons. The fourth-order valence-electron chi connectivity index (χ4n) is 6.12. The fourth-order valence-corrected chi connectivity index (χ4v) is 6.12. The SMILES string of the molecule is CC(C)C[C@H](NC(=O)[C@H](CC(N)=O)NC(=O)[C@H](CCC(N)=O)NC(=O)[C@H](CCC(=O)O)NC(=O)[C@H](CO)NC(=O)[C@H](CCC(N)=O)NC(=O)[C@H](Cc1ccccc1)NC(=O)[C@@H](N)[C@@H](C)O)C(=O)O. The molecule has 0 fully saturated rings. The first-order chi connectivity index (χ1) is 31.7. The minimum Gasteiger partial charge on any atom is -0.481 e. The van der Waals surface area contributed by atoms with E-state index < -0.39 is 177 Å². The lowest BCUT2D eigenvalue weighted by Crippen LogP contribution is -2.61. The Morgan fingerprint density at radius 2 is 0.897 bits per heavy atom. The van der Waals surface area contributed by atoms with E-state index in [2.05, 4.69) is 37.2 Å². The van der Waals surface area contributed by atoms with Gasteiger partial charge in [-0.25, -0.2) is 4.79 Å². The normalized spacial score (nSPS) is 14.9. The van der Waals surface area contributed by atoms with Crippen LogP contribution in [0, 0.1) is 5.92 Å². The Labute approximate surface area is 390 Å². The van der Waals surface area contributed by atoms with Crippen molar-refractivity contribution in [2.24, 2.45) is 28.9 Å². The number of hydrogen-bond donors (Lipinski definition) is 15. The summed E-state index contributed by atoms with van der Waals surface area (Å²) in [6.07, 6.45) is -6.01. The van der Waals surface area contributed by atoms with Crippen LogP contribution in [0.2, 0.25) is 0 Å². The molecule has 10 amide bonds. The van der Waals surface area contributed by atoms with Gasteiger partial charge in [0.2, 0.25) is 59.1 Å². The molecule has 1 rings (SSSR count). The zero-order chi connectivity index (χ0) is 51.8. The van der Waals surface area contributed by atoms with Gasteiger partial charge in [0.25, 0.3) is 0 Å². The van der Waals surface area contributed by atoms with Crippen LogP contribution in [0.25, 0.3) is 0 Å². The van der Waals surface area contributed by atoms with Crippen LogP contribution in [-0.4, -0.2) is 152 Å². The van der Waals surface area contributed by atoms with Crippen molar-refractivity contribution >= 4 is 71.0 Å². The smallest absolute Gasteiger partial charge is 0.326 e. The third-order valence-corrected chi connectivity index (χ3v) is 9.82. The van der Waals surface area contributed by atoms with E-state index >= 15 is 0 Å². The van der Waals surface area contributed by atoms with Crippen LogP contribution in [0.5, 0.6) is 0 Å². The molecule has 0 aliphatic rings. The second kappa shape index (κ2) is 29.4. The molecule has 19 N–H and O–H groups in total. The molecule has 0 aliphatic carbocycles. The molecule has 0 bridgehead atoms. The molecule has 27 heteroatoms. The Hall–Kier alpha value is -7.26. The summed E-state index contributed by atoms with van der Waals surface area (Å²) in [5.74, 6) is -14.2. The first-order valence-corrected chi connectivity index (χ1v) is 21.3. The number of carbonyl (C=O) groups excluding carboxylic acids is 10. The van der Waals surface area contributed by atoms with Crippen molar-refractivity contribution in [1.82, 2.24) is 37.2 Å². The average Bonchev–Trinajstić information content (AvgIpc) is 3.25. The Kier molecular flexibility index (Phi) is 25.4. The summed E-state index contributed by atoms with van der Waals surface area (Å²) in [5, 5.41) is 54.6. The molecule has 0 spiro atoms. The number of primary amides is 3. The van der Waals surface area contributed by atoms with Crippen molar-refractivity contribution in [1.29, 1.82) is 0 Å². The summed E-state index contributed by atoms with van der Waals surface area (Å²) in [6.45, 7) is 3.40. The summed E-state index contributed by atoms with van der Waals surface area (Å²) in [6, 6.07) is -5.22. The molecule has 0 aromatic heterocycles. The number of carboxylic acids is 2. The van der Waals surface area contributed by atoms with Crippen LogP contribution in [-0.2, 0) is 64.0 Å². The van der Waals surface area contributed by atoms with E-state index in [4.69, 9.17) is 22.9 Å². The molecule has 378 valence electrons. The molecular weight excluding hydrogens is 903 g/mol. The number of nitrogens with two attached hydrogens (primary N) is 4. The fraction of sp³-hybridized carbons (Fsp3) is 0.561. The van der Waals surface area contributed by atoms with Gasteiger partial charge in [0.15, 0.2) is 0 Å². The molecule has 0 saturated heterocycles. The first kappa shape index (κ1) is 58.8. The number of carboxylic acid groups (broad SMARTS) is 2. The minimum absolute atomic E-state index is 0.0506. The lowest BCUT2D eigenvalue weighted by Gasteiger charge is -2.27. The maximum Gasteiger partial charge on any atom is 0.326 e. The standard InChI is InChI=1S/C41H63N11O16/c1-19(2)15-27(41(67)68)51-38(64)26(17-31(44)57)49-35(61)22(9-12-29(42)55)46-34(60)24(11-14-32(58)59)48-39(65)28(18-53)52-36(62)23(10-13-30(43)56)47-37(63)25(16-21-7-5-4-6-8-21)50-40(66)33(45)20(3)54/h4-8,19-20,22-28,33,53-54H,9-18,45H2,1-3H3,(H2,42,55)(H2,43,56)(H2,44,57)(H,46,60)(H,47,63)(H,48,65)(H,49,61)(H,50,66)(H,51,64)(H,52,62)(H,58,59)(H,67,68)/t20-,22+,23+,24+,25+,26+,27+,28+,33+/m1/s1. The second-order valence-electron chi connectivity index (χ2n) is 16.1. The molecule has 0 saturated carbocycles. The van der Waals surface area contributed by atoms with Crippen molar-refractivity contribution in [3.8, 4) is 0 Å². The highest BCUT2D eigenvalue weighted by Gasteiger charge is 2.35. The summed E-state index contributed by atoms with van der Waals surface area (Å²) < 4.78 is 0. The lowest BCUT2D eigenvalue weighted by atomic mass is 10.0. The number of hydrogen-bond acceptors (Lipinski definition) is 15. The van der Waals surface area contributed by atoms with Crippen LogP contribution in [0.1, 0.15) is 77.7 Å². The van der Waals surface area contributed by atoms with E-state index in [1.165, 1.54) is 6.92 Å².